The largest absolute Gasteiger partial charge is 0.352 e. The molecule has 2 atom stereocenters. The van der Waals surface area contributed by atoms with Crippen molar-refractivity contribution in [3.05, 3.63) is 0 Å². The van der Waals surface area contributed by atoms with Crippen molar-refractivity contribution in [2.75, 3.05) is 6.54 Å². The highest BCUT2D eigenvalue weighted by Crippen LogP contribution is 2.26. The lowest BCUT2D eigenvalue weighted by molar-refractivity contribution is -0.121. The van der Waals surface area contributed by atoms with Crippen LogP contribution in [0.3, 0.4) is 0 Å². The molecule has 3 amide bonds. The second kappa shape index (κ2) is 8.73. The number of rotatable bonds is 4. The lowest BCUT2D eigenvalue weighted by Gasteiger charge is -2.29. The lowest BCUT2D eigenvalue weighted by Crippen LogP contribution is -2.51. The molecule has 0 aromatic heterocycles. The van der Waals surface area contributed by atoms with Crippen LogP contribution in [0.1, 0.15) is 57.8 Å². The standard InChI is InChI=1S/C16H28N4O2.ClH/c21-15(19-14-8-12-6-7-13(9-14)18-12)10-17-16(22)20-11-4-2-1-3-5-11;/h11-14,18H,1-10H2,(H,19,21)(H2,17,20,22);1H. The monoisotopic (exact) mass is 344 g/mol. The summed E-state index contributed by atoms with van der Waals surface area (Å²) in [7, 11) is 0. The fourth-order valence-electron chi connectivity index (χ4n) is 4.10. The molecule has 2 heterocycles. The van der Waals surface area contributed by atoms with Crippen LogP contribution in [0.25, 0.3) is 0 Å². The third kappa shape index (κ3) is 5.53. The van der Waals surface area contributed by atoms with E-state index in [1.165, 1.54) is 32.1 Å². The second-order valence-corrected chi connectivity index (χ2v) is 7.04. The molecule has 2 aliphatic heterocycles. The van der Waals surface area contributed by atoms with Gasteiger partial charge in [-0.05, 0) is 38.5 Å². The number of carbonyl (C=O) groups excluding carboxylic acids is 2. The molecule has 3 aliphatic rings. The van der Waals surface area contributed by atoms with Gasteiger partial charge < -0.3 is 21.3 Å². The maximum absolute atomic E-state index is 12.0. The highest BCUT2D eigenvalue weighted by Gasteiger charge is 2.33. The summed E-state index contributed by atoms with van der Waals surface area (Å²) in [6.07, 6.45) is 10.2. The maximum atomic E-state index is 12.0. The van der Waals surface area contributed by atoms with E-state index in [4.69, 9.17) is 0 Å². The number of piperidine rings is 1. The smallest absolute Gasteiger partial charge is 0.315 e. The molecule has 3 rings (SSSR count). The Hall–Kier alpha value is -1.01. The van der Waals surface area contributed by atoms with E-state index < -0.39 is 0 Å². The molecule has 2 bridgehead atoms. The van der Waals surface area contributed by atoms with Gasteiger partial charge in [-0.1, -0.05) is 19.3 Å². The molecular weight excluding hydrogens is 316 g/mol. The van der Waals surface area contributed by atoms with Crippen LogP contribution in [0.2, 0.25) is 0 Å². The van der Waals surface area contributed by atoms with Gasteiger partial charge in [0.2, 0.25) is 5.91 Å². The third-order valence-corrected chi connectivity index (χ3v) is 5.19. The molecule has 2 saturated heterocycles. The van der Waals surface area contributed by atoms with Crippen molar-refractivity contribution in [2.45, 2.75) is 82.0 Å². The van der Waals surface area contributed by atoms with Gasteiger partial charge in [0.25, 0.3) is 0 Å². The lowest BCUT2D eigenvalue weighted by atomic mass is 9.96. The van der Waals surface area contributed by atoms with Crippen LogP contribution in [0, 0.1) is 0 Å². The van der Waals surface area contributed by atoms with Crippen LogP contribution in [-0.4, -0.2) is 42.7 Å². The summed E-state index contributed by atoms with van der Waals surface area (Å²) in [5.74, 6) is -0.0786. The minimum atomic E-state index is -0.215. The number of hydrogen-bond acceptors (Lipinski definition) is 3. The Kier molecular flexibility index (Phi) is 6.96. The van der Waals surface area contributed by atoms with Crippen molar-refractivity contribution >= 4 is 24.3 Å². The summed E-state index contributed by atoms with van der Waals surface area (Å²) >= 11 is 0. The molecule has 23 heavy (non-hydrogen) atoms. The van der Waals surface area contributed by atoms with Gasteiger partial charge in [-0.15, -0.1) is 12.4 Å². The molecule has 7 heteroatoms. The Morgan fingerprint density at radius 1 is 0.870 bits per heavy atom. The first-order valence-electron chi connectivity index (χ1n) is 8.79. The minimum Gasteiger partial charge on any atom is -0.352 e. The number of fused-ring (bicyclic) bond motifs is 2. The average Bonchev–Trinajstić information content (AvgIpc) is 2.85. The normalized spacial score (nSPS) is 30.2. The zero-order valence-corrected chi connectivity index (χ0v) is 14.4. The SMILES string of the molecule is Cl.O=C(CNC(=O)NC1CCCCC1)NC1CC2CCC(C1)N2. The van der Waals surface area contributed by atoms with Crippen LogP contribution >= 0.6 is 12.4 Å². The minimum absolute atomic E-state index is 0. The van der Waals surface area contributed by atoms with E-state index in [0.29, 0.717) is 12.1 Å². The fourth-order valence-corrected chi connectivity index (χ4v) is 4.10. The van der Waals surface area contributed by atoms with E-state index in [9.17, 15) is 9.59 Å². The molecule has 0 aromatic carbocycles. The Bertz CT molecular complexity index is 403. The molecular formula is C16H29ClN4O2. The molecule has 6 nitrogen and oxygen atoms in total. The van der Waals surface area contributed by atoms with Gasteiger partial charge in [-0.3, -0.25) is 4.79 Å². The average molecular weight is 345 g/mol. The van der Waals surface area contributed by atoms with Crippen LogP contribution in [-0.2, 0) is 4.79 Å². The number of nitrogens with one attached hydrogen (secondary N) is 4. The molecule has 0 aromatic rings. The first kappa shape index (κ1) is 18.3. The Balaban J connectivity index is 0.00000192. The predicted octanol–water partition coefficient (Wildman–Crippen LogP) is 1.44. The molecule has 1 saturated carbocycles. The van der Waals surface area contributed by atoms with E-state index in [1.54, 1.807) is 0 Å². The van der Waals surface area contributed by atoms with Crippen molar-refractivity contribution in [3.8, 4) is 0 Å². The van der Waals surface area contributed by atoms with Crippen molar-refractivity contribution in [3.63, 3.8) is 0 Å². The quantitative estimate of drug-likeness (QED) is 0.623. The molecule has 132 valence electrons. The van der Waals surface area contributed by atoms with Gasteiger partial charge in [0.05, 0.1) is 6.54 Å². The van der Waals surface area contributed by atoms with Crippen LogP contribution < -0.4 is 21.3 Å². The van der Waals surface area contributed by atoms with E-state index in [-0.39, 0.29) is 43.0 Å². The second-order valence-electron chi connectivity index (χ2n) is 7.04. The fraction of sp³-hybridized carbons (Fsp3) is 0.875. The van der Waals surface area contributed by atoms with Crippen molar-refractivity contribution in [1.29, 1.82) is 0 Å². The van der Waals surface area contributed by atoms with Crippen LogP contribution in [0.4, 0.5) is 4.79 Å². The highest BCUT2D eigenvalue weighted by atomic mass is 35.5. The van der Waals surface area contributed by atoms with E-state index in [0.717, 1.165) is 25.7 Å². The number of hydrogen-bond donors (Lipinski definition) is 4. The molecule has 0 radical (unpaired) electrons. The summed E-state index contributed by atoms with van der Waals surface area (Å²) in [5, 5.41) is 12.3. The summed E-state index contributed by atoms with van der Waals surface area (Å²) in [4.78, 5) is 23.8. The number of urea groups is 1. The predicted molar refractivity (Wildman–Crippen MR) is 91.8 cm³/mol. The topological polar surface area (TPSA) is 82.3 Å². The third-order valence-electron chi connectivity index (χ3n) is 5.19. The highest BCUT2D eigenvalue weighted by molar-refractivity contribution is 5.85. The number of halogens is 1. The molecule has 4 N–H and O–H groups in total. The first-order chi connectivity index (χ1) is 10.7. The zero-order valence-electron chi connectivity index (χ0n) is 13.6. The number of carbonyl (C=O) groups is 2. The summed E-state index contributed by atoms with van der Waals surface area (Å²) in [5.41, 5.74) is 0. The van der Waals surface area contributed by atoms with E-state index >= 15 is 0 Å². The van der Waals surface area contributed by atoms with Gasteiger partial charge >= 0.3 is 6.03 Å². The van der Waals surface area contributed by atoms with E-state index in [2.05, 4.69) is 21.3 Å². The number of amides is 3. The molecule has 3 fully saturated rings. The van der Waals surface area contributed by atoms with Gasteiger partial charge in [0, 0.05) is 24.2 Å². The first-order valence-corrected chi connectivity index (χ1v) is 8.79. The molecule has 0 spiro atoms. The van der Waals surface area contributed by atoms with Crippen molar-refractivity contribution < 1.29 is 9.59 Å². The summed E-state index contributed by atoms with van der Waals surface area (Å²) < 4.78 is 0. The Labute approximate surface area is 144 Å². The zero-order chi connectivity index (χ0) is 15.4. The maximum Gasteiger partial charge on any atom is 0.315 e. The van der Waals surface area contributed by atoms with Gasteiger partial charge in [0.15, 0.2) is 0 Å². The molecule has 1 aliphatic carbocycles. The Morgan fingerprint density at radius 2 is 1.52 bits per heavy atom. The van der Waals surface area contributed by atoms with Crippen LogP contribution in [0.5, 0.6) is 0 Å². The Morgan fingerprint density at radius 3 is 2.17 bits per heavy atom. The molecule has 2 unspecified atom stereocenters. The van der Waals surface area contributed by atoms with Gasteiger partial charge in [-0.25, -0.2) is 4.79 Å². The van der Waals surface area contributed by atoms with Crippen LogP contribution in [0.15, 0.2) is 0 Å². The van der Waals surface area contributed by atoms with Gasteiger partial charge in [0.1, 0.15) is 0 Å². The van der Waals surface area contributed by atoms with Gasteiger partial charge in [-0.2, -0.15) is 0 Å². The summed E-state index contributed by atoms with van der Waals surface area (Å²) in [6.45, 7) is 0.0673. The van der Waals surface area contributed by atoms with Crippen molar-refractivity contribution in [1.82, 2.24) is 21.3 Å². The van der Waals surface area contributed by atoms with Crippen molar-refractivity contribution in [2.24, 2.45) is 0 Å². The van der Waals surface area contributed by atoms with E-state index in [1.807, 2.05) is 0 Å². The summed E-state index contributed by atoms with van der Waals surface area (Å²) in [6, 6.07) is 1.44.